The van der Waals surface area contributed by atoms with Crippen molar-refractivity contribution in [2.24, 2.45) is 0 Å². The molecule has 3 aromatic rings. The zero-order valence-corrected chi connectivity index (χ0v) is 23.4. The highest BCUT2D eigenvalue weighted by Crippen LogP contribution is 2.24. The molecule has 0 unspecified atom stereocenters. The summed E-state index contributed by atoms with van der Waals surface area (Å²) >= 11 is 0. The summed E-state index contributed by atoms with van der Waals surface area (Å²) in [4.78, 5) is 0. The Bertz CT molecular complexity index is 1240. The van der Waals surface area contributed by atoms with Gasteiger partial charge in [-0.05, 0) is 11.1 Å². The average Bonchev–Trinajstić information content (AvgIpc) is 3.68. The molecular weight excluding hydrogens is 588 g/mol. The van der Waals surface area contributed by atoms with Crippen molar-refractivity contribution in [3.63, 3.8) is 0 Å². The summed E-state index contributed by atoms with van der Waals surface area (Å²) in [6.07, 6.45) is -10.5. The highest BCUT2D eigenvalue weighted by Gasteiger charge is 2.45. The molecule has 0 amide bonds. The zero-order valence-electron chi connectivity index (χ0n) is 23.4. The predicted molar refractivity (Wildman–Crippen MR) is 142 cm³/mol. The summed E-state index contributed by atoms with van der Waals surface area (Å²) in [5.41, 5.74) is 2.65. The predicted octanol–water partition coefficient (Wildman–Crippen LogP) is -4.40. The molecule has 4 heterocycles. The molecule has 18 nitrogen and oxygen atoms in total. The monoisotopic (exact) mass is 624 g/mol. The van der Waals surface area contributed by atoms with Crippen molar-refractivity contribution in [3.05, 3.63) is 59.2 Å². The number of hydrogen-bond acceptors (Lipinski definition) is 16. The van der Waals surface area contributed by atoms with Crippen LogP contribution in [0.2, 0.25) is 0 Å². The molecule has 2 saturated heterocycles. The number of hydrogen-bond donors (Lipinski definition) is 8. The van der Waals surface area contributed by atoms with Crippen molar-refractivity contribution in [2.45, 2.75) is 87.7 Å². The van der Waals surface area contributed by atoms with E-state index in [2.05, 4.69) is 20.6 Å². The molecule has 2 aliphatic rings. The fourth-order valence-corrected chi connectivity index (χ4v) is 4.92. The van der Waals surface area contributed by atoms with E-state index in [0.29, 0.717) is 24.5 Å². The standard InChI is InChI=1S/C26H36N6O12/c33-9-17-19(35)21(37)23(39)25(43-17)41-11-15-7-31(29-27-15)5-13-3-1-2-4-14(13)6-32-8-16(28-30-32)12-42-26-24(40)22(38)20(36)18(10-34)44-26/h1-4,7-8,17-26,33-40H,5-6,9-12H2/t17-,18-,19-,20-,21+,22+,23+,24+,25+,26+/m1/s1. The quantitative estimate of drug-likeness (QED) is 0.0946. The van der Waals surface area contributed by atoms with E-state index in [-0.39, 0.29) is 13.2 Å². The van der Waals surface area contributed by atoms with Crippen molar-refractivity contribution < 1.29 is 59.8 Å². The van der Waals surface area contributed by atoms with E-state index in [1.807, 2.05) is 24.3 Å². The van der Waals surface area contributed by atoms with Gasteiger partial charge in [0.1, 0.15) is 60.2 Å². The van der Waals surface area contributed by atoms with Crippen LogP contribution in [0.15, 0.2) is 36.7 Å². The van der Waals surface area contributed by atoms with Crippen LogP contribution in [0.4, 0.5) is 0 Å². The first kappa shape index (κ1) is 32.4. The molecule has 0 spiro atoms. The largest absolute Gasteiger partial charge is 0.394 e. The first-order valence-electron chi connectivity index (χ1n) is 13.9. The highest BCUT2D eigenvalue weighted by molar-refractivity contribution is 5.27. The maximum atomic E-state index is 10.1. The lowest BCUT2D eigenvalue weighted by molar-refractivity contribution is -0.304. The van der Waals surface area contributed by atoms with Crippen molar-refractivity contribution in [2.75, 3.05) is 13.2 Å². The third-order valence-electron chi connectivity index (χ3n) is 7.44. The lowest BCUT2D eigenvalue weighted by atomic mass is 9.99. The van der Waals surface area contributed by atoms with E-state index in [9.17, 15) is 40.9 Å². The van der Waals surface area contributed by atoms with Crippen molar-refractivity contribution in [3.8, 4) is 0 Å². The smallest absolute Gasteiger partial charge is 0.187 e. The third kappa shape index (κ3) is 7.28. The fourth-order valence-electron chi connectivity index (χ4n) is 4.92. The van der Waals surface area contributed by atoms with Gasteiger partial charge in [0, 0.05) is 0 Å². The molecule has 0 saturated carbocycles. The Morgan fingerprint density at radius 1 is 0.614 bits per heavy atom. The summed E-state index contributed by atoms with van der Waals surface area (Å²) < 4.78 is 24.9. The van der Waals surface area contributed by atoms with Gasteiger partial charge in [0.2, 0.25) is 0 Å². The van der Waals surface area contributed by atoms with E-state index in [0.717, 1.165) is 11.1 Å². The van der Waals surface area contributed by atoms with Crippen LogP contribution < -0.4 is 0 Å². The van der Waals surface area contributed by atoms with Gasteiger partial charge in [-0.15, -0.1) is 10.2 Å². The van der Waals surface area contributed by atoms with Crippen molar-refractivity contribution in [1.82, 2.24) is 30.0 Å². The molecule has 0 aliphatic carbocycles. The van der Waals surface area contributed by atoms with Gasteiger partial charge in [0.05, 0.1) is 51.9 Å². The van der Waals surface area contributed by atoms with Gasteiger partial charge in [-0.2, -0.15) is 0 Å². The van der Waals surface area contributed by atoms with Crippen LogP contribution in [-0.2, 0) is 45.3 Å². The lowest BCUT2D eigenvalue weighted by Gasteiger charge is -2.39. The van der Waals surface area contributed by atoms with Gasteiger partial charge in [0.15, 0.2) is 12.6 Å². The minimum Gasteiger partial charge on any atom is -0.394 e. The second-order valence-corrected chi connectivity index (χ2v) is 10.6. The second kappa shape index (κ2) is 14.4. The van der Waals surface area contributed by atoms with E-state index in [1.165, 1.54) is 0 Å². The van der Waals surface area contributed by atoms with Crippen molar-refractivity contribution >= 4 is 0 Å². The summed E-state index contributed by atoms with van der Waals surface area (Å²) in [6.45, 7) is -0.650. The minimum atomic E-state index is -1.55. The summed E-state index contributed by atoms with van der Waals surface area (Å²) in [5, 5.41) is 95.0. The molecule has 242 valence electrons. The Balaban J connectivity index is 1.15. The second-order valence-electron chi connectivity index (χ2n) is 10.6. The first-order chi connectivity index (χ1) is 21.2. The minimum absolute atomic E-state index is 0.114. The van der Waals surface area contributed by atoms with Gasteiger partial charge in [-0.3, -0.25) is 0 Å². The van der Waals surface area contributed by atoms with Gasteiger partial charge >= 0.3 is 0 Å². The van der Waals surface area contributed by atoms with E-state index < -0.39 is 74.6 Å². The van der Waals surface area contributed by atoms with Crippen LogP contribution >= 0.6 is 0 Å². The molecule has 18 heteroatoms. The Morgan fingerprint density at radius 3 is 1.41 bits per heavy atom. The van der Waals surface area contributed by atoms with Gasteiger partial charge in [0.25, 0.3) is 0 Å². The molecule has 2 fully saturated rings. The number of nitrogens with zero attached hydrogens (tertiary/aromatic N) is 6. The molecule has 10 atom stereocenters. The normalized spacial score (nSPS) is 32.6. The maximum Gasteiger partial charge on any atom is 0.187 e. The van der Waals surface area contributed by atoms with E-state index in [4.69, 9.17) is 18.9 Å². The third-order valence-corrected chi connectivity index (χ3v) is 7.44. The number of aliphatic hydroxyl groups is 8. The SMILES string of the molecule is OC[C@H]1O[C@H](OCc2cn(Cc3ccccc3Cn3cc(CO[C@H]4O[C@H](CO)[C@@H](O)[C@H](O)[C@@H]4O)nn3)nn2)[C@@H](O)[C@@H](O)[C@@H]1O. The summed E-state index contributed by atoms with van der Waals surface area (Å²) in [6, 6.07) is 7.59. The van der Waals surface area contributed by atoms with E-state index in [1.54, 1.807) is 21.8 Å². The van der Waals surface area contributed by atoms with Crippen LogP contribution in [0.1, 0.15) is 22.5 Å². The van der Waals surface area contributed by atoms with E-state index >= 15 is 0 Å². The Labute approximate surface area is 250 Å². The number of benzene rings is 1. The molecule has 0 radical (unpaired) electrons. The highest BCUT2D eigenvalue weighted by atomic mass is 16.7. The van der Waals surface area contributed by atoms with Gasteiger partial charge < -0.3 is 59.8 Å². The molecule has 0 bridgehead atoms. The van der Waals surface area contributed by atoms with Crippen LogP contribution in [0, 0.1) is 0 Å². The summed E-state index contributed by atoms with van der Waals surface area (Å²) in [5.74, 6) is 0. The molecule has 2 aromatic heterocycles. The Morgan fingerprint density at radius 2 is 1.02 bits per heavy atom. The van der Waals surface area contributed by atoms with Crippen LogP contribution in [0.25, 0.3) is 0 Å². The van der Waals surface area contributed by atoms with Crippen LogP contribution in [0.5, 0.6) is 0 Å². The maximum absolute atomic E-state index is 10.1. The molecule has 1 aromatic carbocycles. The van der Waals surface area contributed by atoms with Gasteiger partial charge in [-0.25, -0.2) is 9.36 Å². The van der Waals surface area contributed by atoms with Crippen molar-refractivity contribution in [1.29, 1.82) is 0 Å². The first-order valence-corrected chi connectivity index (χ1v) is 13.9. The number of aromatic nitrogens is 6. The molecule has 2 aliphatic heterocycles. The Hall–Kier alpha value is -2.98. The topological polar surface area (TPSA) is 260 Å². The lowest BCUT2D eigenvalue weighted by Crippen LogP contribution is -2.59. The number of rotatable bonds is 12. The number of ether oxygens (including phenoxy) is 4. The summed E-state index contributed by atoms with van der Waals surface area (Å²) in [7, 11) is 0. The Kier molecular flexibility index (Phi) is 10.6. The zero-order chi connectivity index (χ0) is 31.4. The molecule has 44 heavy (non-hydrogen) atoms. The molecular formula is C26H36N6O12. The van der Waals surface area contributed by atoms with Gasteiger partial charge in [-0.1, -0.05) is 34.7 Å². The van der Waals surface area contributed by atoms with Crippen LogP contribution in [-0.4, -0.2) is 145 Å². The average molecular weight is 625 g/mol. The molecule has 8 N–H and O–H groups in total. The fraction of sp³-hybridized carbons (Fsp3) is 0.615. The number of aliphatic hydroxyl groups excluding tert-OH is 8. The molecule has 5 rings (SSSR count). The van der Waals surface area contributed by atoms with Crippen LogP contribution in [0.3, 0.4) is 0 Å².